The first-order chi connectivity index (χ1) is 19.1. The number of rotatable bonds is 7. The van der Waals surface area contributed by atoms with Gasteiger partial charge >= 0.3 is 0 Å². The van der Waals surface area contributed by atoms with E-state index >= 15 is 0 Å². The SMILES string of the molecule is CC(C(=O)NCCC1=CCCCC1)N1C(=O)c2ccccc2C1c1c(-c2ccccc2)n(C)c2ccccc12. The molecule has 39 heavy (non-hydrogen) atoms. The predicted octanol–water partition coefficient (Wildman–Crippen LogP) is 6.79. The highest BCUT2D eigenvalue weighted by Crippen LogP contribution is 2.47. The standard InChI is InChI=1S/C34H35N3O2/c1-23(33(38)35-22-21-24-13-5-3-6-14-24)37-32(26-17-9-10-18-27(26)34(37)39)30-28-19-11-12-20-29(28)36(2)31(30)25-15-7-4-8-16-25/h4,7-13,15-20,23,32H,3,5-6,14,21-22H2,1-2H3,(H,35,38). The van der Waals surface area contributed by atoms with Crippen LogP contribution in [0.15, 0.2) is 90.5 Å². The Labute approximate surface area is 230 Å². The maximum Gasteiger partial charge on any atom is 0.255 e. The Bertz CT molecular complexity index is 1570. The van der Waals surface area contributed by atoms with Crippen LogP contribution in [0.1, 0.15) is 66.6 Å². The molecule has 1 aromatic heterocycles. The van der Waals surface area contributed by atoms with Crippen molar-refractivity contribution in [1.29, 1.82) is 0 Å². The number of nitrogens with one attached hydrogen (secondary N) is 1. The number of aromatic nitrogens is 1. The van der Waals surface area contributed by atoms with Crippen molar-refractivity contribution in [3.8, 4) is 11.3 Å². The summed E-state index contributed by atoms with van der Waals surface area (Å²) in [4.78, 5) is 29.3. The van der Waals surface area contributed by atoms with E-state index < -0.39 is 6.04 Å². The van der Waals surface area contributed by atoms with Crippen molar-refractivity contribution < 1.29 is 9.59 Å². The van der Waals surface area contributed by atoms with Crippen molar-refractivity contribution in [2.45, 2.75) is 51.1 Å². The Kier molecular flexibility index (Phi) is 6.82. The number of hydrogen-bond acceptors (Lipinski definition) is 2. The van der Waals surface area contributed by atoms with Gasteiger partial charge in [-0.2, -0.15) is 0 Å². The highest BCUT2D eigenvalue weighted by Gasteiger charge is 2.44. The molecule has 4 aromatic rings. The lowest BCUT2D eigenvalue weighted by Crippen LogP contribution is -2.47. The van der Waals surface area contributed by atoms with Gasteiger partial charge in [0.1, 0.15) is 6.04 Å². The second-order valence-corrected chi connectivity index (χ2v) is 10.7. The lowest BCUT2D eigenvalue weighted by molar-refractivity contribution is -0.125. The van der Waals surface area contributed by atoms with Crippen LogP contribution in [0, 0.1) is 0 Å². The van der Waals surface area contributed by atoms with Crippen LogP contribution in [0.2, 0.25) is 0 Å². The molecular weight excluding hydrogens is 482 g/mol. The molecule has 0 spiro atoms. The summed E-state index contributed by atoms with van der Waals surface area (Å²) in [6.45, 7) is 2.46. The Morgan fingerprint density at radius 3 is 2.51 bits per heavy atom. The molecule has 1 N–H and O–H groups in total. The molecule has 0 saturated carbocycles. The first-order valence-corrected chi connectivity index (χ1v) is 14.1. The highest BCUT2D eigenvalue weighted by molar-refractivity contribution is 6.04. The molecular formula is C34H35N3O2. The largest absolute Gasteiger partial charge is 0.354 e. The van der Waals surface area contributed by atoms with Crippen LogP contribution in [0.5, 0.6) is 0 Å². The lowest BCUT2D eigenvalue weighted by Gasteiger charge is -2.31. The van der Waals surface area contributed by atoms with E-state index in [1.807, 2.05) is 61.5 Å². The number of allylic oxidation sites excluding steroid dienone is 1. The van der Waals surface area contributed by atoms with Crippen LogP contribution in [0.25, 0.3) is 22.2 Å². The third-order valence-electron chi connectivity index (χ3n) is 8.39. The van der Waals surface area contributed by atoms with Gasteiger partial charge in [0.15, 0.2) is 0 Å². The molecule has 0 fully saturated rings. The first-order valence-electron chi connectivity index (χ1n) is 14.1. The molecule has 198 valence electrons. The number of benzene rings is 3. The van der Waals surface area contributed by atoms with Gasteiger partial charge in [-0.25, -0.2) is 0 Å². The monoisotopic (exact) mass is 517 g/mol. The zero-order valence-corrected chi connectivity index (χ0v) is 22.7. The zero-order chi connectivity index (χ0) is 26.9. The van der Waals surface area contributed by atoms with Crippen LogP contribution < -0.4 is 5.32 Å². The third kappa shape index (κ3) is 4.46. The van der Waals surface area contributed by atoms with Crippen LogP contribution in [0.3, 0.4) is 0 Å². The number of para-hydroxylation sites is 1. The van der Waals surface area contributed by atoms with Gasteiger partial charge in [-0.3, -0.25) is 9.59 Å². The van der Waals surface area contributed by atoms with Crippen LogP contribution in [-0.4, -0.2) is 33.9 Å². The highest BCUT2D eigenvalue weighted by atomic mass is 16.2. The Hall–Kier alpha value is -4.12. The van der Waals surface area contributed by atoms with E-state index in [2.05, 4.69) is 47.3 Å². The second kappa shape index (κ2) is 10.6. The summed E-state index contributed by atoms with van der Waals surface area (Å²) in [6.07, 6.45) is 7.94. The van der Waals surface area contributed by atoms with Gasteiger partial charge in [-0.05, 0) is 62.3 Å². The molecule has 1 aliphatic carbocycles. The molecule has 2 heterocycles. The van der Waals surface area contributed by atoms with E-state index in [1.54, 1.807) is 4.90 Å². The van der Waals surface area contributed by atoms with Gasteiger partial charge in [0.05, 0.1) is 11.7 Å². The molecule has 2 atom stereocenters. The van der Waals surface area contributed by atoms with Gasteiger partial charge in [0.25, 0.3) is 5.91 Å². The van der Waals surface area contributed by atoms with Crippen molar-refractivity contribution in [2.24, 2.45) is 7.05 Å². The number of hydrogen-bond donors (Lipinski definition) is 1. The molecule has 3 aromatic carbocycles. The summed E-state index contributed by atoms with van der Waals surface area (Å²) in [6, 6.07) is 25.5. The van der Waals surface area contributed by atoms with E-state index in [0.717, 1.165) is 52.5 Å². The van der Waals surface area contributed by atoms with Crippen LogP contribution in [0.4, 0.5) is 0 Å². The van der Waals surface area contributed by atoms with Crippen molar-refractivity contribution in [3.63, 3.8) is 0 Å². The smallest absolute Gasteiger partial charge is 0.255 e. The molecule has 0 saturated heterocycles. The van der Waals surface area contributed by atoms with Gasteiger partial charge in [-0.15, -0.1) is 0 Å². The molecule has 5 heteroatoms. The van der Waals surface area contributed by atoms with E-state index in [9.17, 15) is 9.59 Å². The predicted molar refractivity (Wildman–Crippen MR) is 156 cm³/mol. The fourth-order valence-electron chi connectivity index (χ4n) is 6.43. The number of aryl methyl sites for hydroxylation is 1. The second-order valence-electron chi connectivity index (χ2n) is 10.7. The Morgan fingerprint density at radius 1 is 0.974 bits per heavy atom. The maximum absolute atomic E-state index is 14.0. The summed E-state index contributed by atoms with van der Waals surface area (Å²) in [5, 5.41) is 4.23. The van der Waals surface area contributed by atoms with E-state index in [1.165, 1.54) is 18.4 Å². The Balaban J connectivity index is 1.42. The maximum atomic E-state index is 14.0. The van der Waals surface area contributed by atoms with Crippen molar-refractivity contribution in [2.75, 3.05) is 6.54 Å². The zero-order valence-electron chi connectivity index (χ0n) is 22.7. The first kappa shape index (κ1) is 25.2. The van der Waals surface area contributed by atoms with Gasteiger partial charge in [0.2, 0.25) is 5.91 Å². The van der Waals surface area contributed by atoms with Crippen molar-refractivity contribution in [3.05, 3.63) is 107 Å². The minimum absolute atomic E-state index is 0.0971. The van der Waals surface area contributed by atoms with Crippen molar-refractivity contribution in [1.82, 2.24) is 14.8 Å². The van der Waals surface area contributed by atoms with Gasteiger partial charge < -0.3 is 14.8 Å². The van der Waals surface area contributed by atoms with Gasteiger partial charge in [-0.1, -0.05) is 78.4 Å². The fraction of sp³-hybridized carbons (Fsp3) is 0.294. The normalized spacial score (nSPS) is 17.7. The molecule has 2 unspecified atom stereocenters. The average molecular weight is 518 g/mol. The number of carbonyl (C=O) groups excluding carboxylic acids is 2. The number of amides is 2. The minimum atomic E-state index is -0.627. The Morgan fingerprint density at radius 2 is 1.72 bits per heavy atom. The fourth-order valence-corrected chi connectivity index (χ4v) is 6.43. The molecule has 5 nitrogen and oxygen atoms in total. The summed E-state index contributed by atoms with van der Waals surface area (Å²) in [5.41, 5.74) is 7.35. The topological polar surface area (TPSA) is 54.3 Å². The molecule has 2 amide bonds. The number of nitrogens with zero attached hydrogens (tertiary/aromatic N) is 2. The van der Waals surface area contributed by atoms with Crippen molar-refractivity contribution >= 4 is 22.7 Å². The van der Waals surface area contributed by atoms with Crippen LogP contribution >= 0.6 is 0 Å². The van der Waals surface area contributed by atoms with E-state index in [-0.39, 0.29) is 17.9 Å². The quantitative estimate of drug-likeness (QED) is 0.275. The summed E-state index contributed by atoms with van der Waals surface area (Å²) in [7, 11) is 2.08. The molecule has 1 aliphatic heterocycles. The summed E-state index contributed by atoms with van der Waals surface area (Å²) in [5.74, 6) is -0.209. The molecule has 2 aliphatic rings. The van der Waals surface area contributed by atoms with Gasteiger partial charge in [0, 0.05) is 35.6 Å². The lowest BCUT2D eigenvalue weighted by atomic mass is 9.92. The molecule has 0 bridgehead atoms. The summed E-state index contributed by atoms with van der Waals surface area (Å²) < 4.78 is 2.21. The molecule has 0 radical (unpaired) electrons. The van der Waals surface area contributed by atoms with E-state index in [0.29, 0.717) is 12.1 Å². The third-order valence-corrected chi connectivity index (χ3v) is 8.39. The number of fused-ring (bicyclic) bond motifs is 2. The minimum Gasteiger partial charge on any atom is -0.354 e. The van der Waals surface area contributed by atoms with Crippen LogP contribution in [-0.2, 0) is 11.8 Å². The number of carbonyl (C=O) groups is 2. The summed E-state index contributed by atoms with van der Waals surface area (Å²) >= 11 is 0. The average Bonchev–Trinajstić information content (AvgIpc) is 3.44. The van der Waals surface area contributed by atoms with E-state index in [4.69, 9.17) is 0 Å². The molecule has 6 rings (SSSR count).